The molecule has 2 aliphatic rings. The molecule has 2 fully saturated rings. The highest BCUT2D eigenvalue weighted by atomic mass is 15.2. The smallest absolute Gasteiger partial charge is 0.0126 e. The van der Waals surface area contributed by atoms with E-state index in [2.05, 4.69) is 24.1 Å². The van der Waals surface area contributed by atoms with E-state index in [-0.39, 0.29) is 0 Å². The molecule has 2 heteroatoms. The second-order valence-corrected chi connectivity index (χ2v) is 5.13. The molecule has 0 aromatic carbocycles. The van der Waals surface area contributed by atoms with Gasteiger partial charge in [-0.3, -0.25) is 0 Å². The van der Waals surface area contributed by atoms with E-state index in [1.54, 1.807) is 0 Å². The normalized spacial score (nSPS) is 41.1. The number of hydrogen-bond acceptors (Lipinski definition) is 2. The molecule has 1 aliphatic heterocycles. The van der Waals surface area contributed by atoms with E-state index in [1.807, 2.05) is 0 Å². The minimum absolute atomic E-state index is 0.906. The van der Waals surface area contributed by atoms with Gasteiger partial charge in [-0.25, -0.2) is 0 Å². The molecule has 14 heavy (non-hydrogen) atoms. The Hall–Kier alpha value is -0.0800. The van der Waals surface area contributed by atoms with Crippen molar-refractivity contribution in [3.63, 3.8) is 0 Å². The van der Waals surface area contributed by atoms with Crippen LogP contribution in [0.15, 0.2) is 0 Å². The van der Waals surface area contributed by atoms with Gasteiger partial charge < -0.3 is 10.2 Å². The molecule has 0 bridgehead atoms. The van der Waals surface area contributed by atoms with Crippen LogP contribution in [0.1, 0.15) is 33.1 Å². The standard InChI is InChI=1S/C12H24N2/c1-10-9-12(11(10)2)14-7-3-5-13-6-4-8-14/h10-13H,3-9H2,1-2H3. The first-order chi connectivity index (χ1) is 6.79. The van der Waals surface area contributed by atoms with Crippen LogP contribution < -0.4 is 5.32 Å². The van der Waals surface area contributed by atoms with Crippen LogP contribution in [-0.4, -0.2) is 37.1 Å². The van der Waals surface area contributed by atoms with Crippen molar-refractivity contribution in [3.05, 3.63) is 0 Å². The number of nitrogens with one attached hydrogen (secondary N) is 1. The Balaban J connectivity index is 1.83. The maximum atomic E-state index is 3.48. The lowest BCUT2D eigenvalue weighted by molar-refractivity contribution is 0.0192. The van der Waals surface area contributed by atoms with Gasteiger partial charge in [0.2, 0.25) is 0 Å². The fourth-order valence-electron chi connectivity index (χ4n) is 2.86. The Kier molecular flexibility index (Phi) is 3.45. The Morgan fingerprint density at radius 1 is 1.07 bits per heavy atom. The number of nitrogens with zero attached hydrogens (tertiary/aromatic N) is 1. The monoisotopic (exact) mass is 196 g/mol. The summed E-state index contributed by atoms with van der Waals surface area (Å²) in [7, 11) is 0. The second-order valence-electron chi connectivity index (χ2n) is 5.13. The van der Waals surface area contributed by atoms with Crippen LogP contribution in [-0.2, 0) is 0 Å². The van der Waals surface area contributed by atoms with Crippen LogP contribution in [0.25, 0.3) is 0 Å². The maximum absolute atomic E-state index is 3.48. The quantitative estimate of drug-likeness (QED) is 0.687. The molecule has 1 aliphatic carbocycles. The van der Waals surface area contributed by atoms with Gasteiger partial charge in [-0.15, -0.1) is 0 Å². The lowest BCUT2D eigenvalue weighted by atomic mass is 9.70. The summed E-state index contributed by atoms with van der Waals surface area (Å²) in [6, 6.07) is 0.906. The summed E-state index contributed by atoms with van der Waals surface area (Å²) in [5.41, 5.74) is 0. The van der Waals surface area contributed by atoms with Gasteiger partial charge in [-0.05, 0) is 57.3 Å². The molecule has 1 saturated heterocycles. The molecule has 0 aromatic heterocycles. The van der Waals surface area contributed by atoms with Crippen molar-refractivity contribution in [1.29, 1.82) is 0 Å². The van der Waals surface area contributed by atoms with Crippen LogP contribution >= 0.6 is 0 Å². The minimum Gasteiger partial charge on any atom is -0.317 e. The van der Waals surface area contributed by atoms with Crippen LogP contribution in [0.3, 0.4) is 0 Å². The predicted molar refractivity (Wildman–Crippen MR) is 60.4 cm³/mol. The molecule has 0 amide bonds. The molecular weight excluding hydrogens is 172 g/mol. The fraction of sp³-hybridized carbons (Fsp3) is 1.00. The van der Waals surface area contributed by atoms with Gasteiger partial charge in [0.25, 0.3) is 0 Å². The summed E-state index contributed by atoms with van der Waals surface area (Å²) in [4.78, 5) is 2.74. The third-order valence-electron chi connectivity index (χ3n) is 4.18. The van der Waals surface area contributed by atoms with Gasteiger partial charge in [0.05, 0.1) is 0 Å². The molecule has 1 saturated carbocycles. The Labute approximate surface area is 88.1 Å². The molecule has 3 unspecified atom stereocenters. The van der Waals surface area contributed by atoms with E-state index < -0.39 is 0 Å². The summed E-state index contributed by atoms with van der Waals surface area (Å²) in [6.45, 7) is 9.88. The van der Waals surface area contributed by atoms with Crippen molar-refractivity contribution in [2.45, 2.75) is 39.2 Å². The molecule has 0 spiro atoms. The Morgan fingerprint density at radius 3 is 2.21 bits per heavy atom. The second kappa shape index (κ2) is 4.63. The van der Waals surface area contributed by atoms with Crippen molar-refractivity contribution in [1.82, 2.24) is 10.2 Å². The van der Waals surface area contributed by atoms with E-state index in [9.17, 15) is 0 Å². The molecule has 2 rings (SSSR count). The van der Waals surface area contributed by atoms with E-state index in [1.165, 1.54) is 45.4 Å². The SMILES string of the molecule is CC1CC(N2CCCNCCC2)C1C. The summed E-state index contributed by atoms with van der Waals surface area (Å²) in [5.74, 6) is 1.89. The topological polar surface area (TPSA) is 15.3 Å². The number of hydrogen-bond donors (Lipinski definition) is 1. The van der Waals surface area contributed by atoms with E-state index >= 15 is 0 Å². The van der Waals surface area contributed by atoms with Gasteiger partial charge in [0.15, 0.2) is 0 Å². The van der Waals surface area contributed by atoms with Gasteiger partial charge in [-0.1, -0.05) is 13.8 Å². The van der Waals surface area contributed by atoms with E-state index in [0.717, 1.165) is 17.9 Å². The van der Waals surface area contributed by atoms with E-state index in [4.69, 9.17) is 0 Å². The molecule has 2 nitrogen and oxygen atoms in total. The zero-order chi connectivity index (χ0) is 9.97. The van der Waals surface area contributed by atoms with Gasteiger partial charge in [-0.2, -0.15) is 0 Å². The summed E-state index contributed by atoms with van der Waals surface area (Å²) in [5, 5.41) is 3.48. The third-order valence-corrected chi connectivity index (χ3v) is 4.18. The zero-order valence-electron chi connectivity index (χ0n) is 9.63. The lowest BCUT2D eigenvalue weighted by Crippen LogP contribution is -2.52. The summed E-state index contributed by atoms with van der Waals surface area (Å²) < 4.78 is 0. The lowest BCUT2D eigenvalue weighted by Gasteiger charge is -2.48. The van der Waals surface area contributed by atoms with Gasteiger partial charge in [0, 0.05) is 6.04 Å². The first kappa shape index (κ1) is 10.4. The molecule has 3 atom stereocenters. The van der Waals surface area contributed by atoms with Crippen molar-refractivity contribution >= 4 is 0 Å². The van der Waals surface area contributed by atoms with E-state index in [0.29, 0.717) is 0 Å². The highest BCUT2D eigenvalue weighted by Gasteiger charge is 2.37. The minimum atomic E-state index is 0.906. The van der Waals surface area contributed by atoms with Crippen molar-refractivity contribution in [2.75, 3.05) is 26.2 Å². The zero-order valence-corrected chi connectivity index (χ0v) is 9.63. The van der Waals surface area contributed by atoms with Gasteiger partial charge >= 0.3 is 0 Å². The highest BCUT2D eigenvalue weighted by Crippen LogP contribution is 2.37. The van der Waals surface area contributed by atoms with Crippen LogP contribution in [0.2, 0.25) is 0 Å². The Bertz CT molecular complexity index is 173. The largest absolute Gasteiger partial charge is 0.317 e. The van der Waals surface area contributed by atoms with Gasteiger partial charge in [0.1, 0.15) is 0 Å². The average Bonchev–Trinajstić information content (AvgIpc) is 2.15. The molecule has 1 heterocycles. The fourth-order valence-corrected chi connectivity index (χ4v) is 2.86. The molecule has 82 valence electrons. The first-order valence-corrected chi connectivity index (χ1v) is 6.24. The number of rotatable bonds is 1. The Morgan fingerprint density at radius 2 is 1.71 bits per heavy atom. The van der Waals surface area contributed by atoms with Crippen LogP contribution in [0.4, 0.5) is 0 Å². The predicted octanol–water partition coefficient (Wildman–Crippen LogP) is 1.72. The first-order valence-electron chi connectivity index (χ1n) is 6.24. The van der Waals surface area contributed by atoms with Crippen molar-refractivity contribution in [2.24, 2.45) is 11.8 Å². The van der Waals surface area contributed by atoms with Crippen molar-refractivity contribution in [3.8, 4) is 0 Å². The molecule has 0 radical (unpaired) electrons. The van der Waals surface area contributed by atoms with Crippen LogP contribution in [0.5, 0.6) is 0 Å². The summed E-state index contributed by atoms with van der Waals surface area (Å²) in [6.07, 6.45) is 4.10. The van der Waals surface area contributed by atoms with Crippen molar-refractivity contribution < 1.29 is 0 Å². The third kappa shape index (κ3) is 2.12. The maximum Gasteiger partial charge on any atom is 0.0126 e. The average molecular weight is 196 g/mol. The highest BCUT2D eigenvalue weighted by molar-refractivity contribution is 4.91. The molecular formula is C12H24N2. The summed E-state index contributed by atoms with van der Waals surface area (Å²) >= 11 is 0. The van der Waals surface area contributed by atoms with Crippen LogP contribution in [0, 0.1) is 11.8 Å². The molecule has 1 N–H and O–H groups in total. The molecule has 0 aromatic rings.